The first kappa shape index (κ1) is 17.9. The number of alkyl halides is 2. The summed E-state index contributed by atoms with van der Waals surface area (Å²) < 4.78 is 35.9. The van der Waals surface area contributed by atoms with Crippen LogP contribution in [0.3, 0.4) is 0 Å². The Hall–Kier alpha value is -1.87. The highest BCUT2D eigenvalue weighted by atomic mass is 19.3. The van der Waals surface area contributed by atoms with Crippen molar-refractivity contribution in [2.45, 2.75) is 75.6 Å². The molecule has 4 nitrogen and oxygen atoms in total. The van der Waals surface area contributed by atoms with Gasteiger partial charge in [-0.2, -0.15) is 14.0 Å². The highest BCUT2D eigenvalue weighted by Gasteiger charge is 2.37. The topological polar surface area (TPSA) is 62.5 Å². The number of nitrogens with zero attached hydrogens (tertiary/aromatic N) is 1. The van der Waals surface area contributed by atoms with Crippen molar-refractivity contribution < 1.29 is 23.4 Å². The maximum Gasteiger partial charge on any atom is 0.387 e. The van der Waals surface area contributed by atoms with E-state index < -0.39 is 12.0 Å². The summed E-state index contributed by atoms with van der Waals surface area (Å²) in [7, 11) is 0. The molecule has 0 aromatic heterocycles. The molecule has 0 spiro atoms. The first-order chi connectivity index (χ1) is 12.0. The molecule has 25 heavy (non-hydrogen) atoms. The maximum absolute atomic E-state index is 12.7. The van der Waals surface area contributed by atoms with Crippen LogP contribution in [0.1, 0.15) is 56.9 Å². The standard InChI is InChI=1S/C19H23F2NO3/c20-18(21)25-16-6-5-13(11-17(16)24-15-3-1-2-4-15)19(12-22)9-7-14(23)8-10-19/h5-6,11,14-15,18,23H,1-4,7-10H2. The molecule has 3 rings (SSSR count). The van der Waals surface area contributed by atoms with E-state index in [1.807, 2.05) is 0 Å². The number of ether oxygens (including phenoxy) is 2. The molecule has 1 aromatic rings. The Morgan fingerprint density at radius 3 is 2.40 bits per heavy atom. The molecule has 1 aromatic carbocycles. The van der Waals surface area contributed by atoms with Crippen molar-refractivity contribution in [1.82, 2.24) is 0 Å². The third-order valence-electron chi connectivity index (χ3n) is 5.33. The summed E-state index contributed by atoms with van der Waals surface area (Å²) in [5.41, 5.74) is 0.0348. The molecule has 0 radical (unpaired) electrons. The van der Waals surface area contributed by atoms with Crippen LogP contribution in [0.2, 0.25) is 0 Å². The molecule has 0 aliphatic heterocycles. The summed E-state index contributed by atoms with van der Waals surface area (Å²) in [6.07, 6.45) is 5.75. The van der Waals surface area contributed by atoms with Crippen LogP contribution in [0.15, 0.2) is 18.2 Å². The summed E-state index contributed by atoms with van der Waals surface area (Å²) in [5.74, 6) is 0.292. The van der Waals surface area contributed by atoms with Crippen molar-refractivity contribution in [3.05, 3.63) is 23.8 Å². The van der Waals surface area contributed by atoms with Crippen molar-refractivity contribution in [3.8, 4) is 17.6 Å². The van der Waals surface area contributed by atoms with Crippen LogP contribution in [0.25, 0.3) is 0 Å². The number of hydrogen-bond acceptors (Lipinski definition) is 4. The van der Waals surface area contributed by atoms with Gasteiger partial charge in [0.2, 0.25) is 0 Å². The van der Waals surface area contributed by atoms with E-state index in [2.05, 4.69) is 10.8 Å². The van der Waals surface area contributed by atoms with Crippen LogP contribution < -0.4 is 9.47 Å². The molecule has 0 saturated heterocycles. The van der Waals surface area contributed by atoms with Crippen molar-refractivity contribution in [2.75, 3.05) is 0 Å². The summed E-state index contributed by atoms with van der Waals surface area (Å²) in [6, 6.07) is 7.19. The lowest BCUT2D eigenvalue weighted by atomic mass is 9.70. The lowest BCUT2D eigenvalue weighted by molar-refractivity contribution is -0.0520. The smallest absolute Gasteiger partial charge is 0.387 e. The van der Waals surface area contributed by atoms with Gasteiger partial charge in [0, 0.05) is 0 Å². The van der Waals surface area contributed by atoms with Gasteiger partial charge in [0.25, 0.3) is 0 Å². The van der Waals surface area contributed by atoms with Crippen LogP contribution >= 0.6 is 0 Å². The van der Waals surface area contributed by atoms with Gasteiger partial charge in [0.1, 0.15) is 0 Å². The first-order valence-electron chi connectivity index (χ1n) is 8.88. The van der Waals surface area contributed by atoms with Gasteiger partial charge in [-0.1, -0.05) is 6.07 Å². The highest BCUT2D eigenvalue weighted by molar-refractivity contribution is 5.47. The van der Waals surface area contributed by atoms with Crippen LogP contribution in [0, 0.1) is 11.3 Å². The Balaban J connectivity index is 1.90. The van der Waals surface area contributed by atoms with Crippen molar-refractivity contribution >= 4 is 0 Å². The Morgan fingerprint density at radius 2 is 1.80 bits per heavy atom. The second-order valence-electron chi connectivity index (χ2n) is 6.99. The monoisotopic (exact) mass is 351 g/mol. The summed E-state index contributed by atoms with van der Waals surface area (Å²) >= 11 is 0. The Bertz CT molecular complexity index is 630. The fraction of sp³-hybridized carbons (Fsp3) is 0.632. The van der Waals surface area contributed by atoms with Gasteiger partial charge in [0.15, 0.2) is 11.5 Å². The zero-order valence-electron chi connectivity index (χ0n) is 14.1. The second-order valence-corrected chi connectivity index (χ2v) is 6.99. The number of aliphatic hydroxyl groups is 1. The van der Waals surface area contributed by atoms with E-state index in [4.69, 9.17) is 4.74 Å². The molecule has 2 aliphatic rings. The van der Waals surface area contributed by atoms with Crippen LogP contribution in [0.5, 0.6) is 11.5 Å². The minimum atomic E-state index is -2.92. The molecule has 0 heterocycles. The molecule has 2 aliphatic carbocycles. The van der Waals surface area contributed by atoms with Gasteiger partial charge < -0.3 is 14.6 Å². The molecule has 0 atom stereocenters. The lowest BCUT2D eigenvalue weighted by Gasteiger charge is -2.34. The zero-order chi connectivity index (χ0) is 17.9. The van der Waals surface area contributed by atoms with Gasteiger partial charge in [-0.15, -0.1) is 0 Å². The number of halogens is 2. The minimum absolute atomic E-state index is 0.00138. The van der Waals surface area contributed by atoms with Crippen molar-refractivity contribution in [1.29, 1.82) is 5.26 Å². The van der Waals surface area contributed by atoms with E-state index in [-0.39, 0.29) is 23.7 Å². The number of rotatable bonds is 5. The molecule has 2 saturated carbocycles. The van der Waals surface area contributed by atoms with Gasteiger partial charge in [-0.05, 0) is 69.1 Å². The van der Waals surface area contributed by atoms with Crippen molar-refractivity contribution in [2.24, 2.45) is 0 Å². The van der Waals surface area contributed by atoms with E-state index in [0.29, 0.717) is 25.7 Å². The predicted octanol–water partition coefficient (Wildman–Crippen LogP) is 4.31. The molecule has 2 fully saturated rings. The molecular formula is C19H23F2NO3. The van der Waals surface area contributed by atoms with Crippen LogP contribution in [0.4, 0.5) is 8.78 Å². The first-order valence-corrected chi connectivity index (χ1v) is 8.88. The molecule has 0 bridgehead atoms. The van der Waals surface area contributed by atoms with Gasteiger partial charge in [-0.25, -0.2) is 0 Å². The Labute approximate surface area is 146 Å². The fourth-order valence-electron chi connectivity index (χ4n) is 3.84. The van der Waals surface area contributed by atoms with Crippen molar-refractivity contribution in [3.63, 3.8) is 0 Å². The highest BCUT2D eigenvalue weighted by Crippen LogP contribution is 2.43. The average Bonchev–Trinajstić information content (AvgIpc) is 3.10. The Kier molecular flexibility index (Phi) is 5.43. The summed E-state index contributed by atoms with van der Waals surface area (Å²) in [4.78, 5) is 0. The fourth-order valence-corrected chi connectivity index (χ4v) is 3.84. The van der Waals surface area contributed by atoms with E-state index in [1.54, 1.807) is 12.1 Å². The third kappa shape index (κ3) is 4.04. The summed E-state index contributed by atoms with van der Waals surface area (Å²) in [6.45, 7) is -2.92. The quantitative estimate of drug-likeness (QED) is 0.859. The number of hydrogen-bond donors (Lipinski definition) is 1. The molecular weight excluding hydrogens is 328 g/mol. The largest absolute Gasteiger partial charge is 0.487 e. The molecule has 1 N–H and O–H groups in total. The average molecular weight is 351 g/mol. The predicted molar refractivity (Wildman–Crippen MR) is 87.7 cm³/mol. The minimum Gasteiger partial charge on any atom is -0.487 e. The Morgan fingerprint density at radius 1 is 1.12 bits per heavy atom. The van der Waals surface area contributed by atoms with Gasteiger partial charge in [0.05, 0.1) is 23.7 Å². The maximum atomic E-state index is 12.7. The molecule has 0 amide bonds. The normalized spacial score (nSPS) is 27.2. The van der Waals surface area contributed by atoms with E-state index in [9.17, 15) is 19.1 Å². The zero-order valence-corrected chi connectivity index (χ0v) is 14.1. The molecule has 0 unspecified atom stereocenters. The van der Waals surface area contributed by atoms with E-state index >= 15 is 0 Å². The SMILES string of the molecule is N#CC1(c2ccc(OC(F)F)c(OC3CCCC3)c2)CCC(O)CC1. The van der Waals surface area contributed by atoms with Gasteiger partial charge in [-0.3, -0.25) is 0 Å². The lowest BCUT2D eigenvalue weighted by Crippen LogP contribution is -2.32. The number of benzene rings is 1. The summed E-state index contributed by atoms with van der Waals surface area (Å²) in [5, 5.41) is 19.5. The molecule has 6 heteroatoms. The van der Waals surface area contributed by atoms with Gasteiger partial charge >= 0.3 is 6.61 Å². The third-order valence-corrected chi connectivity index (χ3v) is 5.33. The van der Waals surface area contributed by atoms with Crippen LogP contribution in [-0.2, 0) is 5.41 Å². The second kappa shape index (κ2) is 7.57. The van der Waals surface area contributed by atoms with Crippen LogP contribution in [-0.4, -0.2) is 23.9 Å². The van der Waals surface area contributed by atoms with E-state index in [1.165, 1.54) is 6.07 Å². The molecule has 136 valence electrons. The number of nitriles is 1. The van der Waals surface area contributed by atoms with E-state index in [0.717, 1.165) is 31.2 Å². The number of aliphatic hydroxyl groups excluding tert-OH is 1.